The smallest absolute Gasteiger partial charge is 0.319 e. The first-order valence-electron chi connectivity index (χ1n) is 8.73. The number of urea groups is 1. The second kappa shape index (κ2) is 7.86. The monoisotopic (exact) mass is 397 g/mol. The molecule has 6 nitrogen and oxygen atoms in total. The Balaban J connectivity index is 1.82. The molecule has 3 rings (SSSR count). The molecule has 0 saturated carbocycles. The van der Waals surface area contributed by atoms with Gasteiger partial charge >= 0.3 is 6.03 Å². The molecule has 1 atom stereocenters. The Morgan fingerprint density at radius 3 is 2.43 bits per heavy atom. The molecule has 2 aromatic rings. The summed E-state index contributed by atoms with van der Waals surface area (Å²) in [6.07, 6.45) is 1.59. The van der Waals surface area contributed by atoms with Gasteiger partial charge in [-0.3, -0.25) is 14.5 Å². The Labute approximate surface area is 168 Å². The molecule has 4 amide bonds. The lowest BCUT2D eigenvalue weighted by Crippen LogP contribution is -2.44. The second-order valence-electron chi connectivity index (χ2n) is 6.58. The number of anilines is 1. The third kappa shape index (κ3) is 3.64. The van der Waals surface area contributed by atoms with Gasteiger partial charge in [-0.25, -0.2) is 4.79 Å². The number of imide groups is 1. The lowest BCUT2D eigenvalue weighted by molar-refractivity contribution is -0.134. The van der Waals surface area contributed by atoms with Crippen molar-refractivity contribution in [3.8, 4) is 0 Å². The van der Waals surface area contributed by atoms with Crippen LogP contribution in [-0.4, -0.2) is 35.8 Å². The van der Waals surface area contributed by atoms with E-state index >= 15 is 0 Å². The summed E-state index contributed by atoms with van der Waals surface area (Å²) in [5.41, 5.74) is 0.00828. The molecule has 7 heteroatoms. The Morgan fingerprint density at radius 1 is 1.18 bits per heavy atom. The first-order valence-corrected chi connectivity index (χ1v) is 9.11. The molecule has 0 bridgehead atoms. The van der Waals surface area contributed by atoms with Crippen LogP contribution in [0.4, 0.5) is 10.5 Å². The zero-order valence-corrected chi connectivity index (χ0v) is 16.1. The van der Waals surface area contributed by atoms with Crippen LogP contribution in [0.25, 0.3) is 0 Å². The minimum absolute atomic E-state index is 0.265. The maximum atomic E-state index is 13.0. The summed E-state index contributed by atoms with van der Waals surface area (Å²) in [5.74, 6) is -0.866. The summed E-state index contributed by atoms with van der Waals surface area (Å²) in [5, 5.41) is 3.21. The van der Waals surface area contributed by atoms with Gasteiger partial charge in [0.05, 0.1) is 0 Å². The van der Waals surface area contributed by atoms with E-state index in [1.165, 1.54) is 4.90 Å². The van der Waals surface area contributed by atoms with Crippen LogP contribution in [0, 0.1) is 0 Å². The lowest BCUT2D eigenvalue weighted by Gasteiger charge is -2.25. The summed E-state index contributed by atoms with van der Waals surface area (Å²) in [4.78, 5) is 40.7. The third-order valence-electron chi connectivity index (χ3n) is 4.67. The zero-order chi connectivity index (χ0) is 20.3. The predicted octanol–water partition coefficient (Wildman–Crippen LogP) is 3.33. The van der Waals surface area contributed by atoms with Crippen molar-refractivity contribution in [1.29, 1.82) is 0 Å². The molecule has 0 radical (unpaired) electrons. The number of halogens is 1. The van der Waals surface area contributed by atoms with E-state index in [4.69, 9.17) is 11.6 Å². The predicted molar refractivity (Wildman–Crippen MR) is 108 cm³/mol. The number of para-hydroxylation sites is 1. The van der Waals surface area contributed by atoms with Crippen LogP contribution in [-0.2, 0) is 15.1 Å². The number of hydrogen-bond acceptors (Lipinski definition) is 3. The molecule has 1 aliphatic heterocycles. The summed E-state index contributed by atoms with van der Waals surface area (Å²) >= 11 is 5.91. The summed E-state index contributed by atoms with van der Waals surface area (Å²) in [6.45, 7) is 5.19. The van der Waals surface area contributed by atoms with Gasteiger partial charge in [0.25, 0.3) is 5.91 Å². The Bertz CT molecular complexity index is 914. The van der Waals surface area contributed by atoms with Crippen molar-refractivity contribution in [3.05, 3.63) is 77.8 Å². The first kappa shape index (κ1) is 19.6. The SMILES string of the molecule is C=CCN(C(=O)CN1C(=O)NC(C)(c2ccc(Cl)cc2)C1=O)c1ccccc1. The van der Waals surface area contributed by atoms with Crippen molar-refractivity contribution < 1.29 is 14.4 Å². The van der Waals surface area contributed by atoms with Gasteiger partial charge in [-0.05, 0) is 36.8 Å². The molecule has 2 aromatic carbocycles. The number of carbonyl (C=O) groups is 3. The van der Waals surface area contributed by atoms with Gasteiger partial charge < -0.3 is 10.2 Å². The highest BCUT2D eigenvalue weighted by molar-refractivity contribution is 6.30. The van der Waals surface area contributed by atoms with Crippen molar-refractivity contribution in [2.24, 2.45) is 0 Å². The minimum Gasteiger partial charge on any atom is -0.319 e. The summed E-state index contributed by atoms with van der Waals surface area (Å²) < 4.78 is 0. The van der Waals surface area contributed by atoms with E-state index in [0.29, 0.717) is 16.3 Å². The molecule has 1 saturated heterocycles. The van der Waals surface area contributed by atoms with Crippen LogP contribution in [0.5, 0.6) is 0 Å². The first-order chi connectivity index (χ1) is 13.4. The van der Waals surface area contributed by atoms with Crippen molar-refractivity contribution in [2.75, 3.05) is 18.0 Å². The average molecular weight is 398 g/mol. The van der Waals surface area contributed by atoms with Crippen molar-refractivity contribution in [1.82, 2.24) is 10.2 Å². The highest BCUT2D eigenvalue weighted by atomic mass is 35.5. The van der Waals surface area contributed by atoms with Gasteiger partial charge in [-0.1, -0.05) is 48.0 Å². The van der Waals surface area contributed by atoms with Crippen molar-refractivity contribution in [3.63, 3.8) is 0 Å². The van der Waals surface area contributed by atoms with Gasteiger partial charge in [0, 0.05) is 17.3 Å². The van der Waals surface area contributed by atoms with E-state index < -0.39 is 17.5 Å². The molecule has 0 spiro atoms. The maximum absolute atomic E-state index is 13.0. The summed E-state index contributed by atoms with van der Waals surface area (Å²) in [7, 11) is 0. The number of benzene rings is 2. The van der Waals surface area contributed by atoms with E-state index in [9.17, 15) is 14.4 Å². The van der Waals surface area contributed by atoms with E-state index in [0.717, 1.165) is 4.90 Å². The van der Waals surface area contributed by atoms with Crippen LogP contribution in [0.1, 0.15) is 12.5 Å². The topological polar surface area (TPSA) is 69.7 Å². The Morgan fingerprint density at radius 2 is 1.82 bits per heavy atom. The molecule has 1 N–H and O–H groups in total. The molecular formula is C21H20ClN3O3. The quantitative estimate of drug-likeness (QED) is 0.600. The van der Waals surface area contributed by atoms with Crippen molar-refractivity contribution >= 4 is 35.1 Å². The van der Waals surface area contributed by atoms with Crippen LogP contribution in [0.3, 0.4) is 0 Å². The van der Waals surface area contributed by atoms with Gasteiger partial charge in [0.1, 0.15) is 12.1 Å². The second-order valence-corrected chi connectivity index (χ2v) is 7.02. The van der Waals surface area contributed by atoms with E-state index in [2.05, 4.69) is 11.9 Å². The van der Waals surface area contributed by atoms with Gasteiger partial charge in [-0.15, -0.1) is 6.58 Å². The number of nitrogens with one attached hydrogen (secondary N) is 1. The maximum Gasteiger partial charge on any atom is 0.325 e. The van der Waals surface area contributed by atoms with Gasteiger partial charge in [0.2, 0.25) is 5.91 Å². The normalized spacial score (nSPS) is 18.7. The van der Waals surface area contributed by atoms with Crippen LogP contribution in [0.2, 0.25) is 5.02 Å². The molecule has 1 fully saturated rings. The van der Waals surface area contributed by atoms with Crippen LogP contribution >= 0.6 is 11.6 Å². The highest BCUT2D eigenvalue weighted by Gasteiger charge is 2.49. The Hall–Kier alpha value is -3.12. The highest BCUT2D eigenvalue weighted by Crippen LogP contribution is 2.29. The summed E-state index contributed by atoms with van der Waals surface area (Å²) in [6, 6.07) is 15.1. The molecule has 144 valence electrons. The van der Waals surface area contributed by atoms with Gasteiger partial charge in [0.15, 0.2) is 0 Å². The third-order valence-corrected chi connectivity index (χ3v) is 4.92. The fourth-order valence-electron chi connectivity index (χ4n) is 3.13. The van der Waals surface area contributed by atoms with E-state index in [1.54, 1.807) is 49.4 Å². The van der Waals surface area contributed by atoms with Gasteiger partial charge in [-0.2, -0.15) is 0 Å². The number of nitrogens with zero attached hydrogens (tertiary/aromatic N) is 2. The average Bonchev–Trinajstić information content (AvgIpc) is 2.91. The molecule has 1 unspecified atom stereocenters. The molecule has 28 heavy (non-hydrogen) atoms. The molecule has 1 heterocycles. The van der Waals surface area contributed by atoms with Crippen LogP contribution < -0.4 is 10.2 Å². The largest absolute Gasteiger partial charge is 0.325 e. The molecular weight excluding hydrogens is 378 g/mol. The van der Waals surface area contributed by atoms with Crippen molar-refractivity contribution in [2.45, 2.75) is 12.5 Å². The Kier molecular flexibility index (Phi) is 5.51. The molecule has 0 aromatic heterocycles. The number of carbonyl (C=O) groups excluding carboxylic acids is 3. The molecule has 1 aliphatic rings. The van der Waals surface area contributed by atoms with E-state index in [1.807, 2.05) is 18.2 Å². The number of rotatable bonds is 6. The standard InChI is InChI=1S/C21H20ClN3O3/c1-3-13-24(17-7-5-4-6-8-17)18(26)14-25-19(27)21(2,23-20(25)28)15-9-11-16(22)12-10-15/h3-12H,1,13-14H2,2H3,(H,23,28). The zero-order valence-electron chi connectivity index (χ0n) is 15.4. The van der Waals surface area contributed by atoms with Crippen LogP contribution in [0.15, 0.2) is 67.3 Å². The number of amides is 4. The fraction of sp³-hybridized carbons (Fsp3) is 0.190. The lowest BCUT2D eigenvalue weighted by atomic mass is 9.92. The number of hydrogen-bond donors (Lipinski definition) is 1. The molecule has 0 aliphatic carbocycles. The van der Waals surface area contributed by atoms with E-state index in [-0.39, 0.29) is 19.0 Å². The minimum atomic E-state index is -1.25. The fourth-order valence-corrected chi connectivity index (χ4v) is 3.25.